The normalized spacial score (nSPS) is 11.9. The Morgan fingerprint density at radius 2 is 1.88 bits per heavy atom. The quantitative estimate of drug-likeness (QED) is 0.697. The van der Waals surface area contributed by atoms with Gasteiger partial charge in [-0.05, 0) is 43.2 Å². The molecule has 3 aromatic rings. The summed E-state index contributed by atoms with van der Waals surface area (Å²) in [6.07, 6.45) is -4.04. The van der Waals surface area contributed by atoms with Crippen LogP contribution in [0.15, 0.2) is 36.4 Å². The third-order valence-electron chi connectivity index (χ3n) is 3.89. The Morgan fingerprint density at radius 1 is 1.19 bits per heavy atom. The SMILES string of the molecule is CCOc1nc2cc(C(F)(F)F)c(Cl)cc2n1-c1ccc(CCO)cc1. The van der Waals surface area contributed by atoms with E-state index in [4.69, 9.17) is 21.4 Å². The molecule has 0 fully saturated rings. The van der Waals surface area contributed by atoms with Gasteiger partial charge in [-0.3, -0.25) is 4.57 Å². The highest BCUT2D eigenvalue weighted by Crippen LogP contribution is 2.38. The van der Waals surface area contributed by atoms with Gasteiger partial charge in [-0.2, -0.15) is 18.2 Å². The predicted molar refractivity (Wildman–Crippen MR) is 93.0 cm³/mol. The lowest BCUT2D eigenvalue weighted by Gasteiger charge is -2.11. The minimum absolute atomic E-state index is 0.0351. The number of benzene rings is 2. The number of aliphatic hydroxyl groups is 1. The van der Waals surface area contributed by atoms with Gasteiger partial charge in [0.15, 0.2) is 0 Å². The average Bonchev–Trinajstić information content (AvgIpc) is 2.92. The number of hydrogen-bond acceptors (Lipinski definition) is 3. The number of aliphatic hydroxyl groups excluding tert-OH is 1. The Labute approximate surface area is 152 Å². The first-order valence-electron chi connectivity index (χ1n) is 7.97. The van der Waals surface area contributed by atoms with Gasteiger partial charge in [-0.1, -0.05) is 23.7 Å². The molecule has 1 N–H and O–H groups in total. The maximum atomic E-state index is 13.1. The molecule has 2 aromatic carbocycles. The maximum Gasteiger partial charge on any atom is 0.417 e. The average molecular weight is 385 g/mol. The summed E-state index contributed by atoms with van der Waals surface area (Å²) in [6, 6.07) is 9.61. The standard InChI is InChI=1S/C18H16ClF3N2O2/c1-2-26-17-23-15-9-13(18(20,21)22)14(19)10-16(15)24(17)12-5-3-11(4-6-12)7-8-25/h3-6,9-10,25H,2,7-8H2,1H3. The van der Waals surface area contributed by atoms with Crippen LogP contribution in [0.5, 0.6) is 6.01 Å². The van der Waals surface area contributed by atoms with Crippen LogP contribution in [-0.2, 0) is 12.6 Å². The number of rotatable bonds is 5. The van der Waals surface area contributed by atoms with Crippen molar-refractivity contribution in [3.63, 3.8) is 0 Å². The molecule has 0 aliphatic rings. The molecule has 0 aliphatic carbocycles. The van der Waals surface area contributed by atoms with Crippen LogP contribution in [0, 0.1) is 0 Å². The molecule has 1 heterocycles. The van der Waals surface area contributed by atoms with Crippen molar-refractivity contribution in [1.82, 2.24) is 9.55 Å². The molecule has 0 atom stereocenters. The van der Waals surface area contributed by atoms with Crippen molar-refractivity contribution in [3.8, 4) is 11.7 Å². The first-order chi connectivity index (χ1) is 12.3. The van der Waals surface area contributed by atoms with Crippen LogP contribution < -0.4 is 4.74 Å². The van der Waals surface area contributed by atoms with Crippen molar-refractivity contribution in [3.05, 3.63) is 52.5 Å². The highest BCUT2D eigenvalue weighted by Gasteiger charge is 2.34. The highest BCUT2D eigenvalue weighted by molar-refractivity contribution is 6.32. The number of nitrogens with zero attached hydrogens (tertiary/aromatic N) is 2. The summed E-state index contributed by atoms with van der Waals surface area (Å²) in [6.45, 7) is 2.11. The van der Waals surface area contributed by atoms with E-state index in [1.54, 1.807) is 23.6 Å². The summed E-state index contributed by atoms with van der Waals surface area (Å²) in [7, 11) is 0. The van der Waals surface area contributed by atoms with Gasteiger partial charge in [-0.15, -0.1) is 0 Å². The van der Waals surface area contributed by atoms with Crippen molar-refractivity contribution in [1.29, 1.82) is 0 Å². The van der Waals surface area contributed by atoms with E-state index in [9.17, 15) is 13.2 Å². The predicted octanol–water partition coefficient (Wildman–Crippen LogP) is 4.63. The summed E-state index contributed by atoms with van der Waals surface area (Å²) >= 11 is 5.87. The minimum atomic E-state index is -4.56. The summed E-state index contributed by atoms with van der Waals surface area (Å²) in [5.41, 5.74) is 1.24. The molecule has 0 saturated heterocycles. The van der Waals surface area contributed by atoms with Crippen molar-refractivity contribution in [2.75, 3.05) is 13.2 Å². The topological polar surface area (TPSA) is 47.3 Å². The fourth-order valence-electron chi connectivity index (χ4n) is 2.71. The largest absolute Gasteiger partial charge is 0.465 e. The molecule has 8 heteroatoms. The number of alkyl halides is 3. The lowest BCUT2D eigenvalue weighted by molar-refractivity contribution is -0.137. The number of fused-ring (bicyclic) bond motifs is 1. The van der Waals surface area contributed by atoms with E-state index >= 15 is 0 Å². The number of aromatic nitrogens is 2. The van der Waals surface area contributed by atoms with Gasteiger partial charge < -0.3 is 9.84 Å². The van der Waals surface area contributed by atoms with Gasteiger partial charge >= 0.3 is 12.2 Å². The Balaban J connectivity index is 2.19. The van der Waals surface area contributed by atoms with E-state index in [2.05, 4.69) is 4.98 Å². The third kappa shape index (κ3) is 3.50. The molecule has 0 amide bonds. The van der Waals surface area contributed by atoms with E-state index in [1.165, 1.54) is 6.07 Å². The Bertz CT molecular complexity index is 921. The molecule has 1 aromatic heterocycles. The number of hydrogen-bond donors (Lipinski definition) is 1. The Hall–Kier alpha value is -2.25. The van der Waals surface area contributed by atoms with Crippen molar-refractivity contribution < 1.29 is 23.0 Å². The van der Waals surface area contributed by atoms with E-state index in [0.717, 1.165) is 11.6 Å². The molecule has 0 bridgehead atoms. The fraction of sp³-hybridized carbons (Fsp3) is 0.278. The molecule has 4 nitrogen and oxygen atoms in total. The third-order valence-corrected chi connectivity index (χ3v) is 4.20. The number of imidazole rings is 1. The van der Waals surface area contributed by atoms with Gasteiger partial charge in [0.25, 0.3) is 0 Å². The van der Waals surface area contributed by atoms with Crippen LogP contribution in [0.25, 0.3) is 16.7 Å². The summed E-state index contributed by atoms with van der Waals surface area (Å²) < 4.78 is 46.4. The Kier molecular flexibility index (Phi) is 5.11. The zero-order valence-electron chi connectivity index (χ0n) is 13.8. The fourth-order valence-corrected chi connectivity index (χ4v) is 2.97. The molecule has 0 saturated carbocycles. The molecule has 0 radical (unpaired) electrons. The molecule has 26 heavy (non-hydrogen) atoms. The van der Waals surface area contributed by atoms with Crippen LogP contribution in [-0.4, -0.2) is 27.9 Å². The van der Waals surface area contributed by atoms with E-state index in [-0.39, 0.29) is 18.1 Å². The van der Waals surface area contributed by atoms with Crippen LogP contribution in [0.3, 0.4) is 0 Å². The van der Waals surface area contributed by atoms with Crippen LogP contribution in [0.1, 0.15) is 18.1 Å². The van der Waals surface area contributed by atoms with Crippen molar-refractivity contribution in [2.24, 2.45) is 0 Å². The Morgan fingerprint density at radius 3 is 2.46 bits per heavy atom. The van der Waals surface area contributed by atoms with E-state index in [1.807, 2.05) is 12.1 Å². The van der Waals surface area contributed by atoms with Gasteiger partial charge in [-0.25, -0.2) is 0 Å². The van der Waals surface area contributed by atoms with Crippen molar-refractivity contribution in [2.45, 2.75) is 19.5 Å². The number of ether oxygens (including phenoxy) is 1. The molecular formula is C18H16ClF3N2O2. The second-order valence-corrected chi connectivity index (χ2v) is 6.03. The van der Waals surface area contributed by atoms with Gasteiger partial charge in [0, 0.05) is 6.61 Å². The maximum absolute atomic E-state index is 13.1. The summed E-state index contributed by atoms with van der Waals surface area (Å²) in [5, 5.41) is 8.61. The molecular weight excluding hydrogens is 369 g/mol. The highest BCUT2D eigenvalue weighted by atomic mass is 35.5. The number of halogens is 4. The minimum Gasteiger partial charge on any atom is -0.465 e. The second-order valence-electron chi connectivity index (χ2n) is 5.62. The lowest BCUT2D eigenvalue weighted by atomic mass is 10.1. The smallest absolute Gasteiger partial charge is 0.417 e. The monoisotopic (exact) mass is 384 g/mol. The molecule has 138 valence electrons. The van der Waals surface area contributed by atoms with E-state index < -0.39 is 16.8 Å². The second kappa shape index (κ2) is 7.17. The van der Waals surface area contributed by atoms with Gasteiger partial charge in [0.05, 0.1) is 33.9 Å². The molecule has 0 spiro atoms. The molecule has 3 rings (SSSR count). The first kappa shape index (κ1) is 18.5. The zero-order chi connectivity index (χ0) is 18.9. The van der Waals surface area contributed by atoms with Crippen LogP contribution in [0.2, 0.25) is 5.02 Å². The summed E-state index contributed by atoms with van der Waals surface area (Å²) in [5.74, 6) is 0. The molecule has 0 unspecified atom stereocenters. The van der Waals surface area contributed by atoms with Gasteiger partial charge in [0.2, 0.25) is 0 Å². The van der Waals surface area contributed by atoms with E-state index in [0.29, 0.717) is 24.2 Å². The van der Waals surface area contributed by atoms with Crippen molar-refractivity contribution >= 4 is 22.6 Å². The van der Waals surface area contributed by atoms with Gasteiger partial charge in [0.1, 0.15) is 0 Å². The molecule has 0 aliphatic heterocycles. The van der Waals surface area contributed by atoms with Crippen LogP contribution >= 0.6 is 11.6 Å². The zero-order valence-corrected chi connectivity index (χ0v) is 14.6. The first-order valence-corrected chi connectivity index (χ1v) is 8.35. The summed E-state index contributed by atoms with van der Waals surface area (Å²) in [4.78, 5) is 4.19. The van der Waals surface area contributed by atoms with Crippen LogP contribution in [0.4, 0.5) is 13.2 Å². The lowest BCUT2D eigenvalue weighted by Crippen LogP contribution is -2.06.